The molecule has 1 unspecified atom stereocenters. The number of carbonyl (C=O) groups is 1. The van der Waals surface area contributed by atoms with Gasteiger partial charge in [0.2, 0.25) is 0 Å². The smallest absolute Gasteiger partial charge is 0.411 e. The standard InChI is InChI=1S/C30H33F2N3O2/c1-3-18-35(4-2)19-20-37-30(36)33-24-14-12-22(13-15-24)21-8-10-23(11-9-21)27-16-17-28(34-27)29-25(31)6-5-7-26(29)32/h5-15,27H,3-4,16-20H2,1-2H3,(H,33,36). The predicted molar refractivity (Wildman–Crippen MR) is 144 cm³/mol. The fourth-order valence-corrected chi connectivity index (χ4v) is 4.60. The zero-order valence-corrected chi connectivity index (χ0v) is 21.3. The van der Waals surface area contributed by atoms with E-state index in [1.54, 1.807) is 0 Å². The number of ether oxygens (including phenoxy) is 1. The van der Waals surface area contributed by atoms with Crippen molar-refractivity contribution in [2.75, 3.05) is 31.6 Å². The largest absolute Gasteiger partial charge is 0.448 e. The van der Waals surface area contributed by atoms with Crippen LogP contribution in [-0.2, 0) is 4.74 Å². The molecule has 0 spiro atoms. The Morgan fingerprint density at radius 2 is 1.62 bits per heavy atom. The van der Waals surface area contributed by atoms with Crippen molar-refractivity contribution in [3.63, 3.8) is 0 Å². The predicted octanol–water partition coefficient (Wildman–Crippen LogP) is 7.24. The fraction of sp³-hybridized carbons (Fsp3) is 0.333. The Morgan fingerprint density at radius 3 is 2.24 bits per heavy atom. The second kappa shape index (κ2) is 12.6. The van der Waals surface area contributed by atoms with Gasteiger partial charge >= 0.3 is 6.09 Å². The number of amides is 1. The number of rotatable bonds is 10. The number of hydrogen-bond acceptors (Lipinski definition) is 4. The maximum Gasteiger partial charge on any atom is 0.411 e. The molecule has 0 aromatic heterocycles. The van der Waals surface area contributed by atoms with Crippen LogP contribution in [0.25, 0.3) is 11.1 Å². The molecule has 0 fully saturated rings. The van der Waals surface area contributed by atoms with Crippen molar-refractivity contribution >= 4 is 17.5 Å². The Morgan fingerprint density at radius 1 is 0.973 bits per heavy atom. The van der Waals surface area contributed by atoms with Crippen LogP contribution in [0.2, 0.25) is 0 Å². The number of nitrogens with one attached hydrogen (secondary N) is 1. The zero-order valence-electron chi connectivity index (χ0n) is 21.3. The van der Waals surface area contributed by atoms with Crippen LogP contribution in [0, 0.1) is 11.6 Å². The maximum atomic E-state index is 14.1. The fourth-order valence-electron chi connectivity index (χ4n) is 4.60. The lowest BCUT2D eigenvalue weighted by atomic mass is 9.99. The number of carbonyl (C=O) groups excluding carboxylic acids is 1. The van der Waals surface area contributed by atoms with Gasteiger partial charge in [-0.2, -0.15) is 0 Å². The highest BCUT2D eigenvalue weighted by molar-refractivity contribution is 6.02. The van der Waals surface area contributed by atoms with Crippen LogP contribution in [0.1, 0.15) is 50.3 Å². The topological polar surface area (TPSA) is 53.9 Å². The monoisotopic (exact) mass is 505 g/mol. The first-order valence-corrected chi connectivity index (χ1v) is 12.9. The van der Waals surface area contributed by atoms with E-state index in [1.807, 2.05) is 48.5 Å². The summed E-state index contributed by atoms with van der Waals surface area (Å²) in [5.74, 6) is -1.15. The minimum Gasteiger partial charge on any atom is -0.448 e. The first kappa shape index (κ1) is 26.5. The van der Waals surface area contributed by atoms with Gasteiger partial charge in [0.05, 0.1) is 11.6 Å². The van der Waals surface area contributed by atoms with E-state index < -0.39 is 17.7 Å². The molecule has 1 amide bonds. The quantitative estimate of drug-likeness (QED) is 0.316. The molecule has 0 saturated carbocycles. The molecule has 37 heavy (non-hydrogen) atoms. The van der Waals surface area contributed by atoms with Gasteiger partial charge in [0.15, 0.2) is 0 Å². The van der Waals surface area contributed by atoms with Gasteiger partial charge in [-0.1, -0.05) is 56.3 Å². The maximum absolute atomic E-state index is 14.1. The van der Waals surface area contributed by atoms with Crippen LogP contribution >= 0.6 is 0 Å². The highest BCUT2D eigenvalue weighted by atomic mass is 19.1. The minimum atomic E-state index is -0.573. The van der Waals surface area contributed by atoms with E-state index in [2.05, 4.69) is 29.1 Å². The van der Waals surface area contributed by atoms with E-state index in [1.165, 1.54) is 18.2 Å². The van der Waals surface area contributed by atoms with Crippen molar-refractivity contribution in [3.05, 3.63) is 89.5 Å². The third-order valence-corrected chi connectivity index (χ3v) is 6.61. The van der Waals surface area contributed by atoms with E-state index in [0.717, 1.165) is 42.7 Å². The Labute approximate surface area is 217 Å². The summed E-state index contributed by atoms with van der Waals surface area (Å²) in [5.41, 5.74) is 4.17. The average molecular weight is 506 g/mol. The molecule has 3 aromatic rings. The number of hydrogen-bond donors (Lipinski definition) is 1. The van der Waals surface area contributed by atoms with E-state index in [0.29, 0.717) is 30.8 Å². The van der Waals surface area contributed by atoms with Gasteiger partial charge in [-0.25, -0.2) is 13.6 Å². The summed E-state index contributed by atoms with van der Waals surface area (Å²) in [6.45, 7) is 7.23. The molecule has 0 aliphatic carbocycles. The summed E-state index contributed by atoms with van der Waals surface area (Å²) in [4.78, 5) is 19.0. The van der Waals surface area contributed by atoms with Gasteiger partial charge in [0, 0.05) is 17.9 Å². The number of aliphatic imine (C=N–C) groups is 1. The van der Waals surface area contributed by atoms with Gasteiger partial charge in [-0.3, -0.25) is 10.3 Å². The molecular weight excluding hydrogens is 472 g/mol. The second-order valence-corrected chi connectivity index (χ2v) is 9.12. The van der Waals surface area contributed by atoms with Crippen LogP contribution < -0.4 is 5.32 Å². The zero-order chi connectivity index (χ0) is 26.2. The molecule has 0 saturated heterocycles. The SMILES string of the molecule is CCCN(CC)CCOC(=O)Nc1ccc(-c2ccc(C3CCC(c4c(F)cccc4F)=N3)cc2)cc1. The van der Waals surface area contributed by atoms with Gasteiger partial charge in [0.1, 0.15) is 18.2 Å². The van der Waals surface area contributed by atoms with Gasteiger partial charge in [-0.15, -0.1) is 0 Å². The lowest BCUT2D eigenvalue weighted by Crippen LogP contribution is -2.29. The highest BCUT2D eigenvalue weighted by Gasteiger charge is 2.24. The second-order valence-electron chi connectivity index (χ2n) is 9.12. The third-order valence-electron chi connectivity index (χ3n) is 6.61. The van der Waals surface area contributed by atoms with Crippen molar-refractivity contribution in [2.24, 2.45) is 4.99 Å². The van der Waals surface area contributed by atoms with Crippen LogP contribution in [-0.4, -0.2) is 42.9 Å². The van der Waals surface area contributed by atoms with Crippen molar-refractivity contribution in [2.45, 2.75) is 39.2 Å². The number of likely N-dealkylation sites (N-methyl/N-ethyl adjacent to an activating group) is 1. The van der Waals surface area contributed by atoms with E-state index in [9.17, 15) is 13.6 Å². The van der Waals surface area contributed by atoms with Gasteiger partial charge < -0.3 is 9.64 Å². The molecular formula is C30H33F2N3O2. The summed E-state index contributed by atoms with van der Waals surface area (Å²) in [6, 6.07) is 19.4. The molecule has 7 heteroatoms. The van der Waals surface area contributed by atoms with Crippen molar-refractivity contribution < 1.29 is 18.3 Å². The summed E-state index contributed by atoms with van der Waals surface area (Å²) in [5, 5.41) is 2.77. The van der Waals surface area contributed by atoms with Crippen molar-refractivity contribution in [3.8, 4) is 11.1 Å². The number of nitrogens with zero attached hydrogens (tertiary/aromatic N) is 2. The molecule has 1 atom stereocenters. The summed E-state index contributed by atoms with van der Waals surface area (Å²) >= 11 is 0. The third kappa shape index (κ3) is 6.80. The number of benzene rings is 3. The lowest BCUT2D eigenvalue weighted by molar-refractivity contribution is 0.141. The van der Waals surface area contributed by atoms with Crippen molar-refractivity contribution in [1.29, 1.82) is 0 Å². The molecule has 1 heterocycles. The van der Waals surface area contributed by atoms with Crippen molar-refractivity contribution in [1.82, 2.24) is 4.90 Å². The molecule has 4 rings (SSSR count). The average Bonchev–Trinajstić information content (AvgIpc) is 3.38. The Bertz CT molecular complexity index is 1210. The van der Waals surface area contributed by atoms with E-state index in [4.69, 9.17) is 4.74 Å². The van der Waals surface area contributed by atoms with Crippen LogP contribution in [0.5, 0.6) is 0 Å². The van der Waals surface area contributed by atoms with Crippen LogP contribution in [0.3, 0.4) is 0 Å². The Kier molecular flexibility index (Phi) is 9.01. The normalized spacial score (nSPS) is 15.1. The van der Waals surface area contributed by atoms with Gasteiger partial charge in [-0.05, 0) is 73.3 Å². The first-order valence-electron chi connectivity index (χ1n) is 12.9. The molecule has 0 bridgehead atoms. The summed E-state index contributed by atoms with van der Waals surface area (Å²) in [6.07, 6.45) is 1.86. The van der Waals surface area contributed by atoms with Crippen LogP contribution in [0.15, 0.2) is 71.7 Å². The first-order chi connectivity index (χ1) is 18.0. The minimum absolute atomic E-state index is 0.0152. The molecule has 0 radical (unpaired) electrons. The molecule has 1 N–H and O–H groups in total. The summed E-state index contributed by atoms with van der Waals surface area (Å²) in [7, 11) is 0. The Balaban J connectivity index is 1.33. The summed E-state index contributed by atoms with van der Waals surface area (Å²) < 4.78 is 33.6. The molecule has 1 aliphatic rings. The number of anilines is 1. The highest BCUT2D eigenvalue weighted by Crippen LogP contribution is 2.33. The van der Waals surface area contributed by atoms with E-state index in [-0.39, 0.29) is 11.6 Å². The van der Waals surface area contributed by atoms with E-state index >= 15 is 0 Å². The lowest BCUT2D eigenvalue weighted by Gasteiger charge is -2.19. The molecule has 194 valence electrons. The number of halogens is 2. The Hall–Kier alpha value is -3.58. The van der Waals surface area contributed by atoms with Gasteiger partial charge in [0.25, 0.3) is 0 Å². The molecule has 3 aromatic carbocycles. The molecule has 5 nitrogen and oxygen atoms in total. The molecule has 1 aliphatic heterocycles. The van der Waals surface area contributed by atoms with Crippen LogP contribution in [0.4, 0.5) is 19.3 Å².